The van der Waals surface area contributed by atoms with Crippen molar-refractivity contribution in [3.05, 3.63) is 59.6 Å². The second kappa shape index (κ2) is 12.2. The van der Waals surface area contributed by atoms with Gasteiger partial charge in [-0.2, -0.15) is 0 Å². The molecule has 3 aromatic rings. The number of benzene rings is 1. The Morgan fingerprint density at radius 1 is 1.05 bits per heavy atom. The van der Waals surface area contributed by atoms with E-state index < -0.39 is 35.2 Å². The van der Waals surface area contributed by atoms with E-state index in [9.17, 15) is 18.0 Å². The van der Waals surface area contributed by atoms with Gasteiger partial charge in [-0.05, 0) is 52.1 Å². The second-order valence-electron chi connectivity index (χ2n) is 10.8. The summed E-state index contributed by atoms with van der Waals surface area (Å²) in [6.45, 7) is 8.75. The number of anilines is 3. The molecular weight excluding hydrogens is 554 g/mol. The maximum absolute atomic E-state index is 15.9. The van der Waals surface area contributed by atoms with Gasteiger partial charge in [-0.1, -0.05) is 0 Å². The molecule has 3 atom stereocenters. The summed E-state index contributed by atoms with van der Waals surface area (Å²) in [4.78, 5) is 32.0. The lowest BCUT2D eigenvalue weighted by atomic mass is 10.0. The van der Waals surface area contributed by atoms with Crippen LogP contribution < -0.4 is 15.1 Å². The van der Waals surface area contributed by atoms with Crippen LogP contribution in [0.1, 0.15) is 43.2 Å². The maximum Gasteiger partial charge on any atom is 0.274 e. The molecule has 2 aliphatic heterocycles. The van der Waals surface area contributed by atoms with Gasteiger partial charge in [0, 0.05) is 50.0 Å². The molecule has 13 heteroatoms. The molecular formula is C29H33F4N7O2. The Bertz CT molecular complexity index is 1450. The number of nitrogens with one attached hydrogen (secondary N) is 1. The third kappa shape index (κ3) is 6.16. The number of piperazine rings is 1. The van der Waals surface area contributed by atoms with Crippen molar-refractivity contribution in [1.82, 2.24) is 19.9 Å². The number of nitrogens with zero attached hydrogens (tertiary/aromatic N) is 6. The number of rotatable bonds is 6. The highest BCUT2D eigenvalue weighted by Crippen LogP contribution is 2.36. The zero-order valence-corrected chi connectivity index (χ0v) is 23.8. The molecule has 2 fully saturated rings. The molecule has 1 aromatic carbocycles. The minimum atomic E-state index is -3.13. The van der Waals surface area contributed by atoms with Gasteiger partial charge in [0.2, 0.25) is 5.95 Å². The third-order valence-corrected chi connectivity index (χ3v) is 7.81. The minimum Gasteiger partial charge on any atom is -0.375 e. The maximum atomic E-state index is 15.9. The average molecular weight is 588 g/mol. The Morgan fingerprint density at radius 2 is 1.79 bits per heavy atom. The van der Waals surface area contributed by atoms with Crippen molar-refractivity contribution in [1.29, 1.82) is 0 Å². The number of carbonyl (C=O) groups is 1. The van der Waals surface area contributed by atoms with Gasteiger partial charge < -0.3 is 19.9 Å². The molecule has 0 spiro atoms. The topological polar surface area (TPSA) is 86.7 Å². The van der Waals surface area contributed by atoms with Crippen LogP contribution in [0, 0.1) is 11.6 Å². The summed E-state index contributed by atoms with van der Waals surface area (Å²) in [5.41, 5.74) is -0.505. The molecule has 2 aromatic heterocycles. The van der Waals surface area contributed by atoms with Crippen molar-refractivity contribution in [2.24, 2.45) is 0 Å². The van der Waals surface area contributed by atoms with Crippen molar-refractivity contribution < 1.29 is 27.1 Å². The summed E-state index contributed by atoms with van der Waals surface area (Å²) in [6, 6.07) is 5.14. The third-order valence-electron chi connectivity index (χ3n) is 7.81. The van der Waals surface area contributed by atoms with Crippen LogP contribution in [-0.4, -0.2) is 83.8 Å². The quantitative estimate of drug-likeness (QED) is 0.414. The summed E-state index contributed by atoms with van der Waals surface area (Å²) in [5, 5.41) is 2.65. The van der Waals surface area contributed by atoms with Crippen LogP contribution >= 0.6 is 0 Å². The molecule has 4 heterocycles. The van der Waals surface area contributed by atoms with E-state index in [1.54, 1.807) is 6.07 Å². The molecule has 5 rings (SSSR count). The van der Waals surface area contributed by atoms with E-state index in [2.05, 4.69) is 25.2 Å². The Balaban J connectivity index is 1.56. The smallest absolute Gasteiger partial charge is 0.274 e. The van der Waals surface area contributed by atoms with E-state index in [-0.39, 0.29) is 35.1 Å². The van der Waals surface area contributed by atoms with Crippen LogP contribution in [0.25, 0.3) is 11.3 Å². The van der Waals surface area contributed by atoms with Crippen molar-refractivity contribution in [3.63, 3.8) is 0 Å². The fourth-order valence-corrected chi connectivity index (χ4v) is 5.37. The van der Waals surface area contributed by atoms with Crippen LogP contribution in [0.4, 0.5) is 34.9 Å². The molecule has 1 amide bonds. The van der Waals surface area contributed by atoms with Gasteiger partial charge in [0.15, 0.2) is 0 Å². The van der Waals surface area contributed by atoms with Crippen molar-refractivity contribution >= 4 is 23.2 Å². The molecule has 0 bridgehead atoms. The minimum absolute atomic E-state index is 0.0181. The number of aromatic nitrogens is 3. The van der Waals surface area contributed by atoms with Gasteiger partial charge in [-0.3, -0.25) is 9.69 Å². The SMILES string of the molecule is CC1CN(c2nccc(-c3cc(NC(=O)c4ncc(F)cc4C(F)F)c(N4C[C@@H](C)N(C)[C@@H](C)C4)cc3F)n2)CCO1. The number of alkyl halides is 2. The van der Waals surface area contributed by atoms with E-state index in [4.69, 9.17) is 4.74 Å². The number of pyridine rings is 1. The van der Waals surface area contributed by atoms with Gasteiger partial charge >= 0.3 is 0 Å². The lowest BCUT2D eigenvalue weighted by Crippen LogP contribution is -2.55. The largest absolute Gasteiger partial charge is 0.375 e. The lowest BCUT2D eigenvalue weighted by molar-refractivity contribution is 0.0526. The van der Waals surface area contributed by atoms with Crippen LogP contribution in [0.2, 0.25) is 0 Å². The van der Waals surface area contributed by atoms with Gasteiger partial charge in [0.25, 0.3) is 12.3 Å². The molecule has 9 nitrogen and oxygen atoms in total. The zero-order chi connectivity index (χ0) is 30.1. The van der Waals surface area contributed by atoms with Crippen LogP contribution in [-0.2, 0) is 4.74 Å². The Labute approximate surface area is 241 Å². The van der Waals surface area contributed by atoms with Gasteiger partial charge in [-0.15, -0.1) is 0 Å². The molecule has 0 saturated carbocycles. The summed E-state index contributed by atoms with van der Waals surface area (Å²) in [7, 11) is 2.01. The summed E-state index contributed by atoms with van der Waals surface area (Å²) in [5.74, 6) is -2.11. The normalized spacial score (nSPS) is 21.6. The first-order valence-electron chi connectivity index (χ1n) is 13.8. The van der Waals surface area contributed by atoms with Gasteiger partial charge in [0.05, 0.1) is 41.5 Å². The standard InChI is InChI=1S/C29H33F4N7O2/c1-16-13-40(14-17(2)38(16)4)25-11-22(31)20(23-5-6-34-29(37-23)39-7-8-42-18(3)15-39)10-24(25)36-28(41)26-21(27(32)33)9-19(30)12-35-26/h5-6,9-12,16-18,27H,7-8,13-15H2,1-4H3,(H,36,41)/t16-,17+,18?. The second-order valence-corrected chi connectivity index (χ2v) is 10.8. The van der Waals surface area contributed by atoms with Gasteiger partial charge in [-0.25, -0.2) is 32.5 Å². The Hall–Kier alpha value is -3.84. The Morgan fingerprint density at radius 3 is 2.48 bits per heavy atom. The summed E-state index contributed by atoms with van der Waals surface area (Å²) >= 11 is 0. The predicted molar refractivity (Wildman–Crippen MR) is 151 cm³/mol. The summed E-state index contributed by atoms with van der Waals surface area (Å²) in [6.07, 6.45) is -0.907. The Kier molecular flexibility index (Phi) is 8.60. The summed E-state index contributed by atoms with van der Waals surface area (Å²) < 4.78 is 62.5. The molecule has 2 aliphatic rings. The van der Waals surface area contributed by atoms with Crippen molar-refractivity contribution in [2.45, 2.75) is 45.4 Å². The first-order valence-corrected chi connectivity index (χ1v) is 13.8. The fourth-order valence-electron chi connectivity index (χ4n) is 5.37. The van der Waals surface area contributed by atoms with Crippen LogP contribution in [0.3, 0.4) is 0 Å². The van der Waals surface area contributed by atoms with Gasteiger partial charge in [0.1, 0.15) is 17.3 Å². The van der Waals surface area contributed by atoms with Crippen LogP contribution in [0.5, 0.6) is 0 Å². The predicted octanol–water partition coefficient (Wildman–Crippen LogP) is 4.76. The molecule has 1 N–H and O–H groups in total. The molecule has 0 radical (unpaired) electrons. The highest BCUT2D eigenvalue weighted by atomic mass is 19.3. The molecule has 0 aliphatic carbocycles. The molecule has 2 saturated heterocycles. The number of hydrogen-bond acceptors (Lipinski definition) is 8. The molecule has 42 heavy (non-hydrogen) atoms. The van der Waals surface area contributed by atoms with Crippen molar-refractivity contribution in [3.8, 4) is 11.3 Å². The molecule has 224 valence electrons. The van der Waals surface area contributed by atoms with E-state index in [1.807, 2.05) is 37.6 Å². The van der Waals surface area contributed by atoms with E-state index >= 15 is 4.39 Å². The van der Waals surface area contributed by atoms with E-state index in [0.717, 1.165) is 0 Å². The number of halogens is 4. The number of ether oxygens (including phenoxy) is 1. The molecule has 1 unspecified atom stereocenters. The lowest BCUT2D eigenvalue weighted by Gasteiger charge is -2.44. The van der Waals surface area contributed by atoms with E-state index in [0.29, 0.717) is 56.7 Å². The van der Waals surface area contributed by atoms with Crippen molar-refractivity contribution in [2.75, 3.05) is 55.0 Å². The van der Waals surface area contributed by atoms with E-state index in [1.165, 1.54) is 18.3 Å². The highest BCUT2D eigenvalue weighted by Gasteiger charge is 2.30. The number of morpholine rings is 1. The fraction of sp³-hybridized carbons (Fsp3) is 0.448. The number of amides is 1. The highest BCUT2D eigenvalue weighted by molar-refractivity contribution is 6.06. The monoisotopic (exact) mass is 587 g/mol. The van der Waals surface area contributed by atoms with Crippen LogP contribution in [0.15, 0.2) is 36.7 Å². The average Bonchev–Trinajstić information content (AvgIpc) is 2.96. The number of carbonyl (C=O) groups excluding carboxylic acids is 1. The first-order chi connectivity index (χ1) is 20.0. The first kappa shape index (κ1) is 29.6. The number of hydrogen-bond donors (Lipinski definition) is 1. The zero-order valence-electron chi connectivity index (χ0n) is 23.8. The number of likely N-dealkylation sites (N-methyl/N-ethyl adjacent to an activating group) is 1.